The zero-order chi connectivity index (χ0) is 19.3. The van der Waals surface area contributed by atoms with E-state index in [9.17, 15) is 14.4 Å². The maximum Gasteiger partial charge on any atom is 0.524 e. The molecule has 0 heterocycles. The minimum atomic E-state index is -1.33. The van der Waals surface area contributed by atoms with Crippen LogP contribution in [-0.4, -0.2) is 18.1 Å². The Morgan fingerprint density at radius 1 is 0.731 bits per heavy atom. The molecule has 5 heteroatoms. The first-order chi connectivity index (χ1) is 12.4. The molecule has 0 aliphatic carbocycles. The normalized spacial score (nSPS) is 10.3. The lowest BCUT2D eigenvalue weighted by Gasteiger charge is -2.10. The number of carbonyl (C=O) groups excluding carboxylic acids is 3. The highest BCUT2D eigenvalue weighted by Crippen LogP contribution is 2.17. The van der Waals surface area contributed by atoms with Gasteiger partial charge in [0, 0.05) is 0 Å². The van der Waals surface area contributed by atoms with Crippen molar-refractivity contribution < 1.29 is 23.9 Å². The molecular weight excluding hydrogens is 332 g/mol. The topological polar surface area (TPSA) is 69.7 Å². The van der Waals surface area contributed by atoms with Crippen molar-refractivity contribution in [2.45, 2.75) is 40.5 Å². The zero-order valence-electron chi connectivity index (χ0n) is 15.4. The van der Waals surface area contributed by atoms with Crippen LogP contribution in [0.1, 0.15) is 56.8 Å². The van der Waals surface area contributed by atoms with Gasteiger partial charge in [0.05, 0.1) is 11.1 Å². The Labute approximate surface area is 152 Å². The summed E-state index contributed by atoms with van der Waals surface area (Å²) in [5, 5.41) is 0. The van der Waals surface area contributed by atoms with Gasteiger partial charge in [0.25, 0.3) is 0 Å². The molecule has 0 atom stereocenters. The number of rotatable bonds is 4. The third-order valence-electron chi connectivity index (χ3n) is 4.45. The highest BCUT2D eigenvalue weighted by atomic mass is 16.8. The molecule has 136 valence electrons. The monoisotopic (exact) mass is 354 g/mol. The van der Waals surface area contributed by atoms with E-state index in [2.05, 4.69) is 9.47 Å². The standard InChI is InChI=1S/C21H22O5/c1-5-15-9-7-11-17(13(15)3)19(22)25-21(24)26-20(23)18-12-8-10-16(6-2)14(18)4/h7-12H,5-6H2,1-4H3. The number of hydrogen-bond donors (Lipinski definition) is 0. The minimum absolute atomic E-state index is 0.276. The molecule has 0 fully saturated rings. The first-order valence-corrected chi connectivity index (χ1v) is 8.54. The average Bonchev–Trinajstić information content (AvgIpc) is 2.61. The number of hydrogen-bond acceptors (Lipinski definition) is 5. The summed E-state index contributed by atoms with van der Waals surface area (Å²) in [5.41, 5.74) is 4.00. The van der Waals surface area contributed by atoms with E-state index >= 15 is 0 Å². The van der Waals surface area contributed by atoms with E-state index in [1.165, 1.54) is 0 Å². The molecule has 0 spiro atoms. The van der Waals surface area contributed by atoms with Crippen LogP contribution in [0, 0.1) is 13.8 Å². The summed E-state index contributed by atoms with van der Waals surface area (Å²) >= 11 is 0. The van der Waals surface area contributed by atoms with Crippen LogP contribution in [0.4, 0.5) is 4.79 Å². The van der Waals surface area contributed by atoms with Crippen LogP contribution < -0.4 is 0 Å². The molecule has 2 aromatic carbocycles. The smallest absolute Gasteiger partial charge is 0.356 e. The Morgan fingerprint density at radius 3 is 1.46 bits per heavy atom. The molecule has 0 saturated carbocycles. The summed E-state index contributed by atoms with van der Waals surface area (Å²) in [6.45, 7) is 7.51. The van der Waals surface area contributed by atoms with Gasteiger partial charge in [-0.3, -0.25) is 0 Å². The van der Waals surface area contributed by atoms with E-state index < -0.39 is 18.1 Å². The number of aryl methyl sites for hydroxylation is 2. The predicted octanol–water partition coefficient (Wildman–Crippen LogP) is 4.56. The molecule has 0 N–H and O–H groups in total. The number of benzene rings is 2. The lowest BCUT2D eigenvalue weighted by atomic mass is 10.0. The van der Waals surface area contributed by atoms with Crippen LogP contribution in [0.2, 0.25) is 0 Å². The van der Waals surface area contributed by atoms with Crippen molar-refractivity contribution in [3.8, 4) is 0 Å². The summed E-state index contributed by atoms with van der Waals surface area (Å²) in [6, 6.07) is 10.4. The van der Waals surface area contributed by atoms with Crippen molar-refractivity contribution >= 4 is 18.1 Å². The van der Waals surface area contributed by atoms with Gasteiger partial charge < -0.3 is 9.47 Å². The molecule has 0 unspecified atom stereocenters. The predicted molar refractivity (Wildman–Crippen MR) is 97.3 cm³/mol. The third-order valence-corrected chi connectivity index (χ3v) is 4.45. The number of carbonyl (C=O) groups is 3. The van der Waals surface area contributed by atoms with Crippen molar-refractivity contribution in [2.24, 2.45) is 0 Å². The summed E-state index contributed by atoms with van der Waals surface area (Å²) in [6.07, 6.45) is 0.175. The van der Waals surface area contributed by atoms with Gasteiger partial charge in [-0.1, -0.05) is 38.1 Å². The Balaban J connectivity index is 2.09. The first-order valence-electron chi connectivity index (χ1n) is 8.54. The maximum absolute atomic E-state index is 12.2. The molecular formula is C21H22O5. The second-order valence-corrected chi connectivity index (χ2v) is 5.92. The first kappa shape index (κ1) is 19.4. The van der Waals surface area contributed by atoms with E-state index in [0.29, 0.717) is 0 Å². The zero-order valence-corrected chi connectivity index (χ0v) is 15.4. The van der Waals surface area contributed by atoms with E-state index in [-0.39, 0.29) is 11.1 Å². The van der Waals surface area contributed by atoms with Gasteiger partial charge in [-0.15, -0.1) is 0 Å². The highest BCUT2D eigenvalue weighted by molar-refractivity contribution is 6.01. The van der Waals surface area contributed by atoms with Gasteiger partial charge in [-0.25, -0.2) is 14.4 Å². The minimum Gasteiger partial charge on any atom is -0.356 e. The van der Waals surface area contributed by atoms with Crippen LogP contribution in [-0.2, 0) is 22.3 Å². The second kappa shape index (κ2) is 8.43. The molecule has 0 aliphatic rings. The van der Waals surface area contributed by atoms with Crippen molar-refractivity contribution in [2.75, 3.05) is 0 Å². The fourth-order valence-corrected chi connectivity index (χ4v) is 2.86. The molecule has 0 aromatic heterocycles. The SMILES string of the molecule is CCc1cccc(C(=O)OC(=O)OC(=O)c2cccc(CC)c2C)c1C. The number of esters is 2. The Morgan fingerprint density at radius 2 is 1.12 bits per heavy atom. The van der Waals surface area contributed by atoms with Gasteiger partial charge in [-0.05, 0) is 61.1 Å². The Hall–Kier alpha value is -2.95. The highest BCUT2D eigenvalue weighted by Gasteiger charge is 2.22. The van der Waals surface area contributed by atoms with Gasteiger partial charge in [0.15, 0.2) is 0 Å². The van der Waals surface area contributed by atoms with Crippen LogP contribution in [0.5, 0.6) is 0 Å². The fraction of sp³-hybridized carbons (Fsp3) is 0.286. The second-order valence-electron chi connectivity index (χ2n) is 5.92. The summed E-state index contributed by atoms with van der Waals surface area (Å²) in [4.78, 5) is 36.2. The quantitative estimate of drug-likeness (QED) is 0.594. The summed E-state index contributed by atoms with van der Waals surface area (Å²) in [7, 11) is 0. The van der Waals surface area contributed by atoms with E-state index in [4.69, 9.17) is 0 Å². The maximum atomic E-state index is 12.2. The molecule has 2 rings (SSSR count). The van der Waals surface area contributed by atoms with E-state index in [1.807, 2.05) is 26.0 Å². The molecule has 0 aliphatic heterocycles. The van der Waals surface area contributed by atoms with Gasteiger partial charge >= 0.3 is 18.1 Å². The fourth-order valence-electron chi connectivity index (χ4n) is 2.86. The molecule has 0 saturated heterocycles. The number of ether oxygens (including phenoxy) is 2. The average molecular weight is 354 g/mol. The Kier molecular flexibility index (Phi) is 6.28. The molecule has 5 nitrogen and oxygen atoms in total. The van der Waals surface area contributed by atoms with Crippen molar-refractivity contribution in [3.05, 3.63) is 69.8 Å². The van der Waals surface area contributed by atoms with Gasteiger partial charge in [-0.2, -0.15) is 0 Å². The van der Waals surface area contributed by atoms with Crippen molar-refractivity contribution in [1.29, 1.82) is 0 Å². The van der Waals surface area contributed by atoms with Crippen molar-refractivity contribution in [3.63, 3.8) is 0 Å². The molecule has 0 radical (unpaired) electrons. The van der Waals surface area contributed by atoms with E-state index in [1.54, 1.807) is 38.1 Å². The van der Waals surface area contributed by atoms with Crippen LogP contribution in [0.15, 0.2) is 36.4 Å². The lowest BCUT2D eigenvalue weighted by Crippen LogP contribution is -2.19. The molecule has 0 bridgehead atoms. The molecule has 2 aromatic rings. The van der Waals surface area contributed by atoms with Crippen LogP contribution in [0.25, 0.3) is 0 Å². The Bertz CT molecular complexity index is 782. The third kappa shape index (κ3) is 4.17. The van der Waals surface area contributed by atoms with Crippen LogP contribution >= 0.6 is 0 Å². The largest absolute Gasteiger partial charge is 0.524 e. The molecule has 0 amide bonds. The summed E-state index contributed by atoms with van der Waals surface area (Å²) < 4.78 is 9.37. The van der Waals surface area contributed by atoms with Gasteiger partial charge in [0.1, 0.15) is 0 Å². The van der Waals surface area contributed by atoms with E-state index in [0.717, 1.165) is 35.1 Å². The van der Waals surface area contributed by atoms with Crippen LogP contribution in [0.3, 0.4) is 0 Å². The molecule has 26 heavy (non-hydrogen) atoms. The summed E-state index contributed by atoms with van der Waals surface area (Å²) in [5.74, 6) is -1.68. The lowest BCUT2D eigenvalue weighted by molar-refractivity contribution is 0.0337. The van der Waals surface area contributed by atoms with Gasteiger partial charge in [0.2, 0.25) is 0 Å². The van der Waals surface area contributed by atoms with Crippen molar-refractivity contribution in [1.82, 2.24) is 0 Å².